The molecule has 0 radical (unpaired) electrons. The third-order valence-corrected chi connectivity index (χ3v) is 4.45. The lowest BCUT2D eigenvalue weighted by atomic mass is 10.1. The molecule has 2 unspecified atom stereocenters. The summed E-state index contributed by atoms with van der Waals surface area (Å²) in [7, 11) is 1.99. The second-order valence-electron chi connectivity index (χ2n) is 5.15. The fourth-order valence-electron chi connectivity index (χ4n) is 2.57. The van der Waals surface area contributed by atoms with E-state index in [1.165, 1.54) is 11.3 Å². The Balaban J connectivity index is 2.27. The monoisotopic (exact) mass is 265 g/mol. The molecule has 0 bridgehead atoms. The first kappa shape index (κ1) is 13.7. The summed E-state index contributed by atoms with van der Waals surface area (Å²) in [4.78, 5) is 6.94. The van der Waals surface area contributed by atoms with Crippen molar-refractivity contribution in [3.8, 4) is 0 Å². The molecule has 2 heterocycles. The van der Waals surface area contributed by atoms with E-state index in [0.717, 1.165) is 25.3 Å². The minimum absolute atomic E-state index is 0.699. The number of thioether (sulfide) groups is 1. The van der Waals surface area contributed by atoms with E-state index < -0.39 is 0 Å². The predicted octanol–water partition coefficient (Wildman–Crippen LogP) is 2.44. The molecule has 4 heteroatoms. The first-order valence-corrected chi connectivity index (χ1v) is 7.55. The van der Waals surface area contributed by atoms with Crippen LogP contribution in [0.1, 0.15) is 25.1 Å². The van der Waals surface area contributed by atoms with Crippen molar-refractivity contribution in [1.29, 1.82) is 0 Å². The summed E-state index contributed by atoms with van der Waals surface area (Å²) >= 11 is 2.09. The first-order chi connectivity index (χ1) is 8.60. The quantitative estimate of drug-likeness (QED) is 0.908. The van der Waals surface area contributed by atoms with Crippen LogP contribution in [-0.2, 0) is 6.54 Å². The first-order valence-electron chi connectivity index (χ1n) is 6.60. The van der Waals surface area contributed by atoms with Crippen LogP contribution in [0.5, 0.6) is 0 Å². The van der Waals surface area contributed by atoms with Gasteiger partial charge in [0.15, 0.2) is 0 Å². The van der Waals surface area contributed by atoms with Gasteiger partial charge >= 0.3 is 0 Å². The maximum atomic E-state index is 4.42. The fraction of sp³-hybridized carbons (Fsp3) is 0.643. The maximum Gasteiger partial charge on any atom is 0.0446 e. The molecule has 18 heavy (non-hydrogen) atoms. The average Bonchev–Trinajstić information content (AvgIpc) is 2.30. The lowest BCUT2D eigenvalue weighted by molar-refractivity contribution is 0.715. The zero-order valence-corrected chi connectivity index (χ0v) is 12.5. The van der Waals surface area contributed by atoms with Gasteiger partial charge in [-0.3, -0.25) is 4.98 Å². The number of nitrogens with zero attached hydrogens (tertiary/aromatic N) is 2. The van der Waals surface area contributed by atoms with Gasteiger partial charge in [-0.05, 0) is 20.0 Å². The summed E-state index contributed by atoms with van der Waals surface area (Å²) in [5, 5.41) is 4.63. The SMILES string of the molecule is CNCc1cnc(C)cc1N1CC(C)SC(C)C1. The van der Waals surface area contributed by atoms with Crippen LogP contribution in [0.25, 0.3) is 0 Å². The van der Waals surface area contributed by atoms with Crippen molar-refractivity contribution in [3.05, 3.63) is 23.5 Å². The second-order valence-corrected chi connectivity index (χ2v) is 7.03. The highest BCUT2D eigenvalue weighted by molar-refractivity contribution is 8.00. The third-order valence-electron chi connectivity index (χ3n) is 3.23. The van der Waals surface area contributed by atoms with Crippen LogP contribution in [0.15, 0.2) is 12.3 Å². The Kier molecular flexibility index (Phi) is 4.51. The highest BCUT2D eigenvalue weighted by Gasteiger charge is 2.24. The van der Waals surface area contributed by atoms with E-state index in [2.05, 4.69) is 53.8 Å². The molecular weight excluding hydrogens is 242 g/mol. The van der Waals surface area contributed by atoms with Crippen LogP contribution in [0.3, 0.4) is 0 Å². The van der Waals surface area contributed by atoms with E-state index in [9.17, 15) is 0 Å². The molecule has 2 atom stereocenters. The predicted molar refractivity (Wildman–Crippen MR) is 80.5 cm³/mol. The van der Waals surface area contributed by atoms with Gasteiger partial charge < -0.3 is 10.2 Å². The molecule has 1 aliphatic heterocycles. The van der Waals surface area contributed by atoms with Gasteiger partial charge in [-0.25, -0.2) is 0 Å². The Morgan fingerprint density at radius 3 is 2.67 bits per heavy atom. The number of hydrogen-bond donors (Lipinski definition) is 1. The number of aromatic nitrogens is 1. The molecule has 3 nitrogen and oxygen atoms in total. The average molecular weight is 265 g/mol. The molecule has 1 aromatic rings. The molecule has 1 N–H and O–H groups in total. The lowest BCUT2D eigenvalue weighted by Gasteiger charge is -2.37. The van der Waals surface area contributed by atoms with E-state index in [1.54, 1.807) is 0 Å². The van der Waals surface area contributed by atoms with E-state index in [1.807, 2.05) is 13.2 Å². The fourth-order valence-corrected chi connectivity index (χ4v) is 3.89. The van der Waals surface area contributed by atoms with E-state index >= 15 is 0 Å². The van der Waals surface area contributed by atoms with Crippen molar-refractivity contribution in [2.45, 2.75) is 37.8 Å². The molecule has 1 fully saturated rings. The molecule has 0 saturated carbocycles. The second kappa shape index (κ2) is 5.93. The molecule has 2 rings (SSSR count). The highest BCUT2D eigenvalue weighted by Crippen LogP contribution is 2.30. The van der Waals surface area contributed by atoms with Crippen molar-refractivity contribution >= 4 is 17.4 Å². The summed E-state index contributed by atoms with van der Waals surface area (Å²) in [5.41, 5.74) is 3.76. The zero-order chi connectivity index (χ0) is 13.1. The minimum Gasteiger partial charge on any atom is -0.369 e. The standard InChI is InChI=1S/C14H23N3S/c1-10-5-14(13(6-15-4)7-16-10)17-8-11(2)18-12(3)9-17/h5,7,11-12,15H,6,8-9H2,1-4H3. The number of aryl methyl sites for hydroxylation is 1. The van der Waals surface area contributed by atoms with Crippen LogP contribution >= 0.6 is 11.8 Å². The highest BCUT2D eigenvalue weighted by atomic mass is 32.2. The largest absolute Gasteiger partial charge is 0.369 e. The molecule has 1 aliphatic rings. The number of rotatable bonds is 3. The molecule has 0 amide bonds. The van der Waals surface area contributed by atoms with Gasteiger partial charge in [-0.2, -0.15) is 11.8 Å². The van der Waals surface area contributed by atoms with Gasteiger partial charge in [-0.1, -0.05) is 13.8 Å². The molecule has 1 saturated heterocycles. The lowest BCUT2D eigenvalue weighted by Crippen LogP contribution is -2.41. The number of anilines is 1. The van der Waals surface area contributed by atoms with Crippen molar-refractivity contribution < 1.29 is 0 Å². The number of nitrogens with one attached hydrogen (secondary N) is 1. The Hall–Kier alpha value is -0.740. The van der Waals surface area contributed by atoms with Crippen LogP contribution in [-0.4, -0.2) is 35.6 Å². The van der Waals surface area contributed by atoms with E-state index in [0.29, 0.717) is 10.5 Å². The number of pyridine rings is 1. The molecule has 100 valence electrons. The summed E-state index contributed by atoms with van der Waals surface area (Å²) in [6.07, 6.45) is 2.01. The van der Waals surface area contributed by atoms with Gasteiger partial charge in [0, 0.05) is 53.3 Å². The van der Waals surface area contributed by atoms with E-state index in [-0.39, 0.29) is 0 Å². The van der Waals surface area contributed by atoms with Gasteiger partial charge in [0.2, 0.25) is 0 Å². The Labute approximate surface area is 114 Å². The van der Waals surface area contributed by atoms with E-state index in [4.69, 9.17) is 0 Å². The van der Waals surface area contributed by atoms with Gasteiger partial charge in [0.05, 0.1) is 0 Å². The Morgan fingerprint density at radius 1 is 1.39 bits per heavy atom. The van der Waals surface area contributed by atoms with Crippen LogP contribution in [0, 0.1) is 6.92 Å². The maximum absolute atomic E-state index is 4.42. The topological polar surface area (TPSA) is 28.2 Å². The molecule has 1 aromatic heterocycles. The van der Waals surface area contributed by atoms with Crippen LogP contribution < -0.4 is 10.2 Å². The third kappa shape index (κ3) is 3.18. The normalized spacial score (nSPS) is 24.3. The van der Waals surface area contributed by atoms with Crippen molar-refractivity contribution in [2.24, 2.45) is 0 Å². The van der Waals surface area contributed by atoms with Gasteiger partial charge in [-0.15, -0.1) is 0 Å². The van der Waals surface area contributed by atoms with Crippen molar-refractivity contribution in [2.75, 3.05) is 25.0 Å². The van der Waals surface area contributed by atoms with Crippen molar-refractivity contribution in [3.63, 3.8) is 0 Å². The van der Waals surface area contributed by atoms with Crippen LogP contribution in [0.4, 0.5) is 5.69 Å². The van der Waals surface area contributed by atoms with Gasteiger partial charge in [0.25, 0.3) is 0 Å². The Bertz CT molecular complexity index is 398. The minimum atomic E-state index is 0.699. The van der Waals surface area contributed by atoms with Crippen molar-refractivity contribution in [1.82, 2.24) is 10.3 Å². The van der Waals surface area contributed by atoms with Gasteiger partial charge in [0.1, 0.15) is 0 Å². The molecular formula is C14H23N3S. The Morgan fingerprint density at radius 2 is 2.06 bits per heavy atom. The summed E-state index contributed by atoms with van der Waals surface area (Å²) < 4.78 is 0. The zero-order valence-electron chi connectivity index (χ0n) is 11.7. The molecule has 0 spiro atoms. The molecule has 0 aliphatic carbocycles. The smallest absolute Gasteiger partial charge is 0.0446 e. The summed E-state index contributed by atoms with van der Waals surface area (Å²) in [6, 6.07) is 2.22. The van der Waals surface area contributed by atoms with Crippen LogP contribution in [0.2, 0.25) is 0 Å². The summed E-state index contributed by atoms with van der Waals surface area (Å²) in [5.74, 6) is 0. The summed E-state index contributed by atoms with van der Waals surface area (Å²) in [6.45, 7) is 9.86. The molecule has 0 aromatic carbocycles. The number of hydrogen-bond acceptors (Lipinski definition) is 4.